The highest BCUT2D eigenvalue weighted by atomic mass is 16.6. The summed E-state index contributed by atoms with van der Waals surface area (Å²) in [5.41, 5.74) is 1.26. The number of ether oxygens (including phenoxy) is 1. The van der Waals surface area contributed by atoms with Gasteiger partial charge in [-0.25, -0.2) is 0 Å². The van der Waals surface area contributed by atoms with E-state index in [2.05, 4.69) is 5.10 Å². The summed E-state index contributed by atoms with van der Waals surface area (Å²) in [6.07, 6.45) is 3.77. The van der Waals surface area contributed by atoms with Gasteiger partial charge in [0.1, 0.15) is 11.9 Å². The van der Waals surface area contributed by atoms with E-state index in [-0.39, 0.29) is 11.4 Å². The SMILES string of the molecule is COc1cccc2c1CCCCN2C(=O)c1nn(C)cc1[N+](=O)[O-]. The van der Waals surface area contributed by atoms with Crippen LogP contribution in [0.25, 0.3) is 0 Å². The molecule has 2 heterocycles. The molecule has 0 unspecified atom stereocenters. The summed E-state index contributed by atoms with van der Waals surface area (Å²) in [6.45, 7) is 0.493. The third kappa shape index (κ3) is 2.70. The average molecular weight is 330 g/mol. The number of anilines is 1. The second-order valence-electron chi connectivity index (χ2n) is 5.67. The summed E-state index contributed by atoms with van der Waals surface area (Å²) in [6, 6.07) is 5.52. The smallest absolute Gasteiger partial charge is 0.320 e. The Morgan fingerprint density at radius 2 is 2.17 bits per heavy atom. The van der Waals surface area contributed by atoms with Crippen LogP contribution in [0.4, 0.5) is 11.4 Å². The van der Waals surface area contributed by atoms with Gasteiger partial charge in [0, 0.05) is 19.2 Å². The zero-order valence-electron chi connectivity index (χ0n) is 13.6. The predicted molar refractivity (Wildman–Crippen MR) is 87.5 cm³/mol. The summed E-state index contributed by atoms with van der Waals surface area (Å²) in [5, 5.41) is 15.2. The van der Waals surface area contributed by atoms with Crippen molar-refractivity contribution in [2.75, 3.05) is 18.6 Å². The van der Waals surface area contributed by atoms with Crippen molar-refractivity contribution in [2.24, 2.45) is 7.05 Å². The van der Waals surface area contributed by atoms with E-state index in [1.165, 1.54) is 10.9 Å². The number of aromatic nitrogens is 2. The minimum absolute atomic E-state index is 0.141. The molecule has 1 aromatic heterocycles. The van der Waals surface area contributed by atoms with Crippen LogP contribution >= 0.6 is 0 Å². The summed E-state index contributed by atoms with van der Waals surface area (Å²) in [7, 11) is 3.15. The van der Waals surface area contributed by atoms with Crippen LogP contribution in [0.2, 0.25) is 0 Å². The van der Waals surface area contributed by atoms with Crippen LogP contribution < -0.4 is 9.64 Å². The van der Waals surface area contributed by atoms with Crippen LogP contribution in [0.3, 0.4) is 0 Å². The molecule has 1 aromatic carbocycles. The molecule has 0 aliphatic carbocycles. The van der Waals surface area contributed by atoms with Crippen LogP contribution in [0.15, 0.2) is 24.4 Å². The van der Waals surface area contributed by atoms with Gasteiger partial charge in [-0.3, -0.25) is 19.6 Å². The molecule has 0 saturated heterocycles. The molecule has 0 radical (unpaired) electrons. The quantitative estimate of drug-likeness (QED) is 0.636. The van der Waals surface area contributed by atoms with Gasteiger partial charge < -0.3 is 9.64 Å². The van der Waals surface area contributed by atoms with Gasteiger partial charge in [0.05, 0.1) is 17.7 Å². The van der Waals surface area contributed by atoms with E-state index >= 15 is 0 Å². The van der Waals surface area contributed by atoms with Gasteiger partial charge in [-0.1, -0.05) is 6.07 Å². The Bertz CT molecular complexity index is 799. The zero-order chi connectivity index (χ0) is 17.3. The number of carbonyl (C=O) groups is 1. The van der Waals surface area contributed by atoms with Crippen molar-refractivity contribution in [2.45, 2.75) is 19.3 Å². The van der Waals surface area contributed by atoms with Crippen LogP contribution in [0.1, 0.15) is 28.9 Å². The maximum absolute atomic E-state index is 13.0. The Kier molecular flexibility index (Phi) is 4.20. The third-order valence-electron chi connectivity index (χ3n) is 4.13. The Labute approximate surface area is 138 Å². The molecule has 126 valence electrons. The number of amides is 1. The van der Waals surface area contributed by atoms with Crippen LogP contribution in [-0.2, 0) is 13.5 Å². The van der Waals surface area contributed by atoms with Crippen molar-refractivity contribution in [3.05, 3.63) is 45.8 Å². The highest BCUT2D eigenvalue weighted by molar-refractivity contribution is 6.07. The highest BCUT2D eigenvalue weighted by Crippen LogP contribution is 2.34. The topological polar surface area (TPSA) is 90.5 Å². The first-order valence-electron chi connectivity index (χ1n) is 7.68. The molecule has 0 atom stereocenters. The molecule has 0 bridgehead atoms. The summed E-state index contributed by atoms with van der Waals surface area (Å²) in [4.78, 5) is 25.1. The van der Waals surface area contributed by atoms with E-state index < -0.39 is 10.8 Å². The largest absolute Gasteiger partial charge is 0.496 e. The molecular weight excluding hydrogens is 312 g/mol. The van der Waals surface area contributed by atoms with Crippen molar-refractivity contribution in [3.8, 4) is 5.75 Å². The number of aryl methyl sites for hydroxylation is 1. The van der Waals surface area contributed by atoms with Crippen LogP contribution in [0.5, 0.6) is 5.75 Å². The first-order valence-corrected chi connectivity index (χ1v) is 7.68. The van der Waals surface area contributed by atoms with E-state index in [0.717, 1.165) is 36.3 Å². The summed E-state index contributed by atoms with van der Waals surface area (Å²) < 4.78 is 6.69. The third-order valence-corrected chi connectivity index (χ3v) is 4.13. The molecule has 1 amide bonds. The molecule has 0 fully saturated rings. The average Bonchev–Trinajstić information content (AvgIpc) is 2.83. The number of carbonyl (C=O) groups excluding carboxylic acids is 1. The number of fused-ring (bicyclic) bond motifs is 1. The standard InChI is InChI=1S/C16H18N4O4/c1-18-10-13(20(22)23)15(17-18)16(21)19-9-4-3-6-11-12(19)7-5-8-14(11)24-2/h5,7-8,10H,3-4,6,9H2,1-2H3. The molecule has 1 aliphatic rings. The number of hydrogen-bond donors (Lipinski definition) is 0. The Morgan fingerprint density at radius 3 is 2.88 bits per heavy atom. The molecule has 24 heavy (non-hydrogen) atoms. The summed E-state index contributed by atoms with van der Waals surface area (Å²) >= 11 is 0. The molecule has 8 heteroatoms. The molecule has 0 N–H and O–H groups in total. The van der Waals surface area contributed by atoms with Crippen LogP contribution in [-0.4, -0.2) is 34.3 Å². The van der Waals surface area contributed by atoms with Gasteiger partial charge in [0.2, 0.25) is 5.69 Å². The zero-order valence-corrected chi connectivity index (χ0v) is 13.6. The minimum atomic E-state index is -0.579. The second-order valence-corrected chi connectivity index (χ2v) is 5.67. The van der Waals surface area contributed by atoms with Crippen LogP contribution in [0, 0.1) is 10.1 Å². The van der Waals surface area contributed by atoms with E-state index in [4.69, 9.17) is 4.74 Å². The number of rotatable bonds is 3. The Morgan fingerprint density at radius 1 is 1.38 bits per heavy atom. The lowest BCUT2D eigenvalue weighted by Crippen LogP contribution is -2.32. The highest BCUT2D eigenvalue weighted by Gasteiger charge is 2.31. The van der Waals surface area contributed by atoms with Gasteiger partial charge in [0.25, 0.3) is 5.91 Å². The van der Waals surface area contributed by atoms with Gasteiger partial charge in [-0.15, -0.1) is 0 Å². The summed E-state index contributed by atoms with van der Waals surface area (Å²) in [5.74, 6) is 0.265. The second kappa shape index (κ2) is 6.31. The molecule has 0 spiro atoms. The van der Waals surface area contributed by atoms with Crippen molar-refractivity contribution in [1.29, 1.82) is 0 Å². The molecule has 8 nitrogen and oxygen atoms in total. The number of nitro groups is 1. The number of nitrogens with zero attached hydrogens (tertiary/aromatic N) is 4. The van der Waals surface area contributed by atoms with Gasteiger partial charge >= 0.3 is 5.69 Å². The normalized spacial score (nSPS) is 14.0. The maximum Gasteiger partial charge on any atom is 0.320 e. The van der Waals surface area contributed by atoms with Gasteiger partial charge in [0.15, 0.2) is 0 Å². The fourth-order valence-electron chi connectivity index (χ4n) is 3.04. The lowest BCUT2D eigenvalue weighted by Gasteiger charge is -2.22. The van der Waals surface area contributed by atoms with E-state index in [0.29, 0.717) is 6.54 Å². The van der Waals surface area contributed by atoms with E-state index in [1.807, 2.05) is 18.2 Å². The first kappa shape index (κ1) is 16.0. The molecule has 0 saturated carbocycles. The lowest BCUT2D eigenvalue weighted by atomic mass is 10.1. The van der Waals surface area contributed by atoms with Crippen molar-refractivity contribution < 1.29 is 14.5 Å². The van der Waals surface area contributed by atoms with Crippen molar-refractivity contribution in [1.82, 2.24) is 9.78 Å². The molecule has 2 aromatic rings. The maximum atomic E-state index is 13.0. The lowest BCUT2D eigenvalue weighted by molar-refractivity contribution is -0.385. The van der Waals surface area contributed by atoms with Crippen molar-refractivity contribution in [3.63, 3.8) is 0 Å². The Balaban J connectivity index is 2.07. The van der Waals surface area contributed by atoms with E-state index in [9.17, 15) is 14.9 Å². The van der Waals surface area contributed by atoms with Gasteiger partial charge in [-0.05, 0) is 31.4 Å². The number of benzene rings is 1. The van der Waals surface area contributed by atoms with Crippen molar-refractivity contribution >= 4 is 17.3 Å². The van der Waals surface area contributed by atoms with Gasteiger partial charge in [-0.2, -0.15) is 5.10 Å². The fraction of sp³-hybridized carbons (Fsp3) is 0.375. The van der Waals surface area contributed by atoms with E-state index in [1.54, 1.807) is 19.1 Å². The minimum Gasteiger partial charge on any atom is -0.496 e. The fourth-order valence-corrected chi connectivity index (χ4v) is 3.04. The number of hydrogen-bond acceptors (Lipinski definition) is 5. The number of methoxy groups -OCH3 is 1. The molecule has 3 rings (SSSR count). The first-order chi connectivity index (χ1) is 11.5. The monoisotopic (exact) mass is 330 g/mol. The molecular formula is C16H18N4O4. The predicted octanol–water partition coefficient (Wildman–Crippen LogP) is 2.32. The Hall–Kier alpha value is -2.90. The molecule has 1 aliphatic heterocycles.